The van der Waals surface area contributed by atoms with Crippen molar-refractivity contribution in [3.8, 4) is 11.5 Å². The number of hydrogen-bond donors (Lipinski definition) is 1. The molecule has 0 amide bonds. The van der Waals surface area contributed by atoms with Gasteiger partial charge in [-0.15, -0.1) is 0 Å². The number of ether oxygens (including phenoxy) is 1. The number of aromatic nitrogens is 3. The minimum absolute atomic E-state index is 0.0192. The van der Waals surface area contributed by atoms with Crippen molar-refractivity contribution in [1.29, 1.82) is 0 Å². The van der Waals surface area contributed by atoms with Gasteiger partial charge < -0.3 is 9.84 Å². The van der Waals surface area contributed by atoms with Crippen LogP contribution in [-0.4, -0.2) is 26.0 Å². The molecule has 3 rings (SSSR count). The fourth-order valence-electron chi connectivity index (χ4n) is 3.08. The zero-order chi connectivity index (χ0) is 21.0. The van der Waals surface area contributed by atoms with Crippen molar-refractivity contribution in [3.05, 3.63) is 71.3 Å². The van der Waals surface area contributed by atoms with E-state index in [4.69, 9.17) is 16.3 Å². The van der Waals surface area contributed by atoms with E-state index < -0.39 is 23.9 Å². The molecule has 1 N–H and O–H groups in total. The lowest BCUT2D eigenvalue weighted by atomic mass is 9.93. The quantitative estimate of drug-likeness (QED) is 0.543. The summed E-state index contributed by atoms with van der Waals surface area (Å²) in [4.78, 5) is 3.81. The van der Waals surface area contributed by atoms with E-state index in [2.05, 4.69) is 10.1 Å². The fourth-order valence-corrected chi connectivity index (χ4v) is 3.21. The molecule has 0 aliphatic heterocycles. The average molecular weight is 426 g/mol. The number of aliphatic hydroxyl groups excluding tert-OH is 1. The largest absolute Gasteiger partial charge is 0.457 e. The van der Waals surface area contributed by atoms with Gasteiger partial charge in [-0.1, -0.05) is 31.0 Å². The molecule has 5 nitrogen and oxygen atoms in total. The van der Waals surface area contributed by atoms with Crippen LogP contribution in [0.3, 0.4) is 0 Å². The molecule has 154 valence electrons. The molecule has 3 aromatic rings. The number of halogens is 4. The van der Waals surface area contributed by atoms with Crippen molar-refractivity contribution < 1.29 is 23.0 Å². The summed E-state index contributed by atoms with van der Waals surface area (Å²) in [5.74, 6) is 0.375. The molecule has 2 atom stereocenters. The van der Waals surface area contributed by atoms with E-state index in [1.165, 1.54) is 29.5 Å². The Kier molecular flexibility index (Phi) is 6.44. The standard InChI is InChI=1S/C20H19ClF3N3O2/c1-2-3-18(28)19(27-12-25-11-26-27)16-9-8-15(10-17(16)20(22,23)24)29-14-6-4-13(21)5-7-14/h4-12,18-19,28H,2-3H2,1H3. The Hall–Kier alpha value is -2.58. The zero-order valence-corrected chi connectivity index (χ0v) is 16.2. The smallest absolute Gasteiger partial charge is 0.416 e. The van der Waals surface area contributed by atoms with Crippen LogP contribution in [0.2, 0.25) is 5.02 Å². The van der Waals surface area contributed by atoms with E-state index in [0.29, 0.717) is 23.6 Å². The minimum atomic E-state index is -4.65. The van der Waals surface area contributed by atoms with Gasteiger partial charge in [0.15, 0.2) is 0 Å². The predicted octanol–water partition coefficient (Wildman–Crippen LogP) is 5.49. The summed E-state index contributed by atoms with van der Waals surface area (Å²) in [6.45, 7) is 1.84. The maximum Gasteiger partial charge on any atom is 0.416 e. The molecule has 1 heterocycles. The maximum absolute atomic E-state index is 13.9. The second-order valence-electron chi connectivity index (χ2n) is 6.48. The summed E-state index contributed by atoms with van der Waals surface area (Å²) < 4.78 is 48.4. The highest BCUT2D eigenvalue weighted by Crippen LogP contribution is 2.40. The number of rotatable bonds is 7. The molecule has 0 bridgehead atoms. The third kappa shape index (κ3) is 5.07. The molecular formula is C20H19ClF3N3O2. The van der Waals surface area contributed by atoms with Crippen LogP contribution in [0.25, 0.3) is 0 Å². The van der Waals surface area contributed by atoms with Gasteiger partial charge in [-0.3, -0.25) is 0 Å². The summed E-state index contributed by atoms with van der Waals surface area (Å²) >= 11 is 5.82. The summed E-state index contributed by atoms with van der Waals surface area (Å²) in [5.41, 5.74) is -1.01. The van der Waals surface area contributed by atoms with Crippen molar-refractivity contribution in [2.75, 3.05) is 0 Å². The Morgan fingerprint density at radius 1 is 1.14 bits per heavy atom. The first kappa shape index (κ1) is 21.1. The van der Waals surface area contributed by atoms with Crippen LogP contribution in [0.1, 0.15) is 36.9 Å². The molecule has 2 aromatic carbocycles. The van der Waals surface area contributed by atoms with E-state index in [-0.39, 0.29) is 11.3 Å². The van der Waals surface area contributed by atoms with Crippen LogP contribution >= 0.6 is 11.6 Å². The van der Waals surface area contributed by atoms with Gasteiger partial charge in [0.05, 0.1) is 11.7 Å². The number of alkyl halides is 3. The Morgan fingerprint density at radius 2 is 1.83 bits per heavy atom. The summed E-state index contributed by atoms with van der Waals surface area (Å²) in [6, 6.07) is 8.92. The van der Waals surface area contributed by atoms with E-state index in [0.717, 1.165) is 6.07 Å². The Balaban J connectivity index is 2.03. The van der Waals surface area contributed by atoms with Gasteiger partial charge in [-0.2, -0.15) is 18.3 Å². The third-order valence-electron chi connectivity index (χ3n) is 4.37. The van der Waals surface area contributed by atoms with Gasteiger partial charge in [0, 0.05) is 5.02 Å². The summed E-state index contributed by atoms with van der Waals surface area (Å²) in [5, 5.41) is 15.0. The molecule has 0 saturated heterocycles. The van der Waals surface area contributed by atoms with Gasteiger partial charge in [0.2, 0.25) is 0 Å². The van der Waals surface area contributed by atoms with Gasteiger partial charge in [-0.05, 0) is 48.4 Å². The average Bonchev–Trinajstić information content (AvgIpc) is 3.18. The lowest BCUT2D eigenvalue weighted by Crippen LogP contribution is -2.28. The topological polar surface area (TPSA) is 60.2 Å². The highest BCUT2D eigenvalue weighted by Gasteiger charge is 2.38. The van der Waals surface area contributed by atoms with Crippen LogP contribution in [0.4, 0.5) is 13.2 Å². The van der Waals surface area contributed by atoms with Crippen LogP contribution in [0.15, 0.2) is 55.1 Å². The van der Waals surface area contributed by atoms with E-state index in [1.54, 1.807) is 24.3 Å². The monoisotopic (exact) mass is 425 g/mol. The van der Waals surface area contributed by atoms with Crippen LogP contribution < -0.4 is 4.74 Å². The van der Waals surface area contributed by atoms with Crippen molar-refractivity contribution in [1.82, 2.24) is 14.8 Å². The fraction of sp³-hybridized carbons (Fsp3) is 0.300. The van der Waals surface area contributed by atoms with Crippen LogP contribution in [0, 0.1) is 0 Å². The zero-order valence-electron chi connectivity index (χ0n) is 15.5. The van der Waals surface area contributed by atoms with Crippen LogP contribution in [0.5, 0.6) is 11.5 Å². The predicted molar refractivity (Wildman–Crippen MR) is 102 cm³/mol. The van der Waals surface area contributed by atoms with Crippen LogP contribution in [-0.2, 0) is 6.18 Å². The highest BCUT2D eigenvalue weighted by molar-refractivity contribution is 6.30. The number of nitrogens with zero attached hydrogens (tertiary/aromatic N) is 3. The first-order valence-corrected chi connectivity index (χ1v) is 9.34. The van der Waals surface area contributed by atoms with Crippen molar-refractivity contribution >= 4 is 11.6 Å². The summed E-state index contributed by atoms with van der Waals surface area (Å²) in [7, 11) is 0. The minimum Gasteiger partial charge on any atom is -0.457 e. The molecule has 0 aliphatic carbocycles. The first-order chi connectivity index (χ1) is 13.8. The molecule has 0 radical (unpaired) electrons. The molecular weight excluding hydrogens is 407 g/mol. The van der Waals surface area contributed by atoms with Crippen molar-refractivity contribution in [2.24, 2.45) is 0 Å². The Bertz CT molecular complexity index is 931. The molecule has 0 fully saturated rings. The van der Waals surface area contributed by atoms with E-state index >= 15 is 0 Å². The van der Waals surface area contributed by atoms with Gasteiger partial charge in [0.25, 0.3) is 0 Å². The first-order valence-electron chi connectivity index (χ1n) is 8.96. The van der Waals surface area contributed by atoms with Crippen molar-refractivity contribution in [2.45, 2.75) is 38.1 Å². The maximum atomic E-state index is 13.9. The third-order valence-corrected chi connectivity index (χ3v) is 4.62. The molecule has 9 heteroatoms. The SMILES string of the molecule is CCCC(O)C(c1ccc(Oc2ccc(Cl)cc2)cc1C(F)(F)F)n1cncn1. The lowest BCUT2D eigenvalue weighted by molar-refractivity contribution is -0.138. The highest BCUT2D eigenvalue weighted by atomic mass is 35.5. The number of benzene rings is 2. The number of aliphatic hydroxyl groups is 1. The molecule has 0 saturated carbocycles. The molecule has 1 aromatic heterocycles. The molecule has 29 heavy (non-hydrogen) atoms. The van der Waals surface area contributed by atoms with Gasteiger partial charge >= 0.3 is 6.18 Å². The van der Waals surface area contributed by atoms with E-state index in [1.807, 2.05) is 6.92 Å². The van der Waals surface area contributed by atoms with Gasteiger partial charge in [-0.25, -0.2) is 9.67 Å². The molecule has 0 aliphatic rings. The molecule has 0 spiro atoms. The second kappa shape index (κ2) is 8.84. The molecule has 2 unspecified atom stereocenters. The van der Waals surface area contributed by atoms with Crippen molar-refractivity contribution in [3.63, 3.8) is 0 Å². The van der Waals surface area contributed by atoms with Gasteiger partial charge in [0.1, 0.15) is 30.2 Å². The normalized spacial score (nSPS) is 13.9. The lowest BCUT2D eigenvalue weighted by Gasteiger charge is -2.26. The Labute approximate surface area is 170 Å². The number of hydrogen-bond acceptors (Lipinski definition) is 4. The Morgan fingerprint density at radius 3 is 2.41 bits per heavy atom. The summed E-state index contributed by atoms with van der Waals surface area (Å²) in [6.07, 6.45) is -2.29. The second-order valence-corrected chi connectivity index (χ2v) is 6.92. The van der Waals surface area contributed by atoms with E-state index in [9.17, 15) is 18.3 Å².